The molecular weight excluding hydrogens is 1160 g/mol. The van der Waals surface area contributed by atoms with Crippen molar-refractivity contribution in [3.8, 4) is 77.9 Å². The van der Waals surface area contributed by atoms with Gasteiger partial charge in [-0.2, -0.15) is 0 Å². The Labute approximate surface area is 561 Å². The summed E-state index contributed by atoms with van der Waals surface area (Å²) in [7, 11) is 0. The van der Waals surface area contributed by atoms with Crippen LogP contribution in [0.1, 0.15) is 49.9 Å². The zero-order valence-corrected chi connectivity index (χ0v) is 54.2. The molecule has 0 aliphatic heterocycles. The second-order valence-corrected chi connectivity index (χ2v) is 27.2. The summed E-state index contributed by atoms with van der Waals surface area (Å²) in [5.74, 6) is 0. The van der Waals surface area contributed by atoms with Gasteiger partial charge in [-0.25, -0.2) is 0 Å². The van der Waals surface area contributed by atoms with Crippen molar-refractivity contribution in [2.45, 2.75) is 38.5 Å². The Hall–Kier alpha value is -11.8. The van der Waals surface area contributed by atoms with Crippen LogP contribution in [0.3, 0.4) is 0 Å². The van der Waals surface area contributed by atoms with Crippen LogP contribution in [0.25, 0.3) is 121 Å². The molecule has 2 heteroatoms. The number of fused-ring (bicyclic) bond motifs is 10. The molecule has 2 aliphatic rings. The average Bonchev–Trinajstić information content (AvgIpc) is 1.54. The third-order valence-electron chi connectivity index (χ3n) is 21.0. The van der Waals surface area contributed by atoms with Gasteiger partial charge < -0.3 is 9.80 Å². The lowest BCUT2D eigenvalue weighted by Gasteiger charge is -2.28. The van der Waals surface area contributed by atoms with Gasteiger partial charge in [-0.15, -0.1) is 0 Å². The van der Waals surface area contributed by atoms with E-state index in [0.717, 1.165) is 50.8 Å². The van der Waals surface area contributed by atoms with Crippen LogP contribution in [-0.4, -0.2) is 0 Å². The highest BCUT2D eigenvalue weighted by atomic mass is 15.1. The molecule has 0 aromatic heterocycles. The minimum Gasteiger partial charge on any atom is -0.310 e. The normalized spacial score (nSPS) is 13.2. The van der Waals surface area contributed by atoms with Crippen LogP contribution in [-0.2, 0) is 10.8 Å². The molecule has 18 rings (SSSR count). The van der Waals surface area contributed by atoms with Crippen LogP contribution < -0.4 is 9.80 Å². The number of anilines is 6. The number of hydrogen-bond donors (Lipinski definition) is 0. The van der Waals surface area contributed by atoms with Crippen LogP contribution in [0.15, 0.2) is 340 Å². The summed E-state index contributed by atoms with van der Waals surface area (Å²) in [4.78, 5) is 4.83. The van der Waals surface area contributed by atoms with E-state index in [1.807, 2.05) is 0 Å². The van der Waals surface area contributed by atoms with E-state index in [1.165, 1.54) is 127 Å². The van der Waals surface area contributed by atoms with Crippen molar-refractivity contribution in [2.75, 3.05) is 9.80 Å². The summed E-state index contributed by atoms with van der Waals surface area (Å²) in [6.07, 6.45) is 0. The highest BCUT2D eigenvalue weighted by Gasteiger charge is 2.42. The zero-order chi connectivity index (χ0) is 64.2. The molecule has 0 N–H and O–H groups in total. The summed E-state index contributed by atoms with van der Waals surface area (Å²) in [6.45, 7) is 9.67. The molecule has 0 bridgehead atoms. The first-order valence-electron chi connectivity index (χ1n) is 33.6. The molecule has 0 saturated heterocycles. The fraction of sp³-hybridized carbons (Fsp3) is 0.0638. The molecule has 96 heavy (non-hydrogen) atoms. The number of rotatable bonds is 11. The maximum atomic E-state index is 2.53. The third kappa shape index (κ3) is 9.31. The van der Waals surface area contributed by atoms with Crippen molar-refractivity contribution in [1.82, 2.24) is 0 Å². The lowest BCUT2D eigenvalue weighted by Crippen LogP contribution is -2.18. The highest BCUT2D eigenvalue weighted by Crippen LogP contribution is 2.58. The van der Waals surface area contributed by atoms with Crippen molar-refractivity contribution in [3.63, 3.8) is 0 Å². The maximum absolute atomic E-state index is 2.53. The Morgan fingerprint density at radius 1 is 0.177 bits per heavy atom. The Morgan fingerprint density at radius 2 is 0.521 bits per heavy atom. The van der Waals surface area contributed by atoms with Crippen LogP contribution in [0.2, 0.25) is 0 Å². The quantitative estimate of drug-likeness (QED) is 0.127. The van der Waals surface area contributed by atoms with E-state index in [2.05, 4.69) is 377 Å². The molecule has 454 valence electrons. The van der Waals surface area contributed by atoms with Gasteiger partial charge in [0.05, 0.1) is 0 Å². The van der Waals surface area contributed by atoms with E-state index in [9.17, 15) is 0 Å². The Bertz CT molecular complexity index is 5730. The lowest BCUT2D eigenvalue weighted by molar-refractivity contribution is 0.652. The van der Waals surface area contributed by atoms with Crippen molar-refractivity contribution in [2.24, 2.45) is 0 Å². The van der Waals surface area contributed by atoms with E-state index >= 15 is 0 Å². The second kappa shape index (κ2) is 22.4. The van der Waals surface area contributed by atoms with Gasteiger partial charge in [0.1, 0.15) is 0 Å². The van der Waals surface area contributed by atoms with Crippen LogP contribution >= 0.6 is 0 Å². The van der Waals surface area contributed by atoms with Gasteiger partial charge in [0.2, 0.25) is 0 Å². The van der Waals surface area contributed by atoms with Gasteiger partial charge >= 0.3 is 0 Å². The lowest BCUT2D eigenvalue weighted by atomic mass is 9.79. The van der Waals surface area contributed by atoms with Crippen molar-refractivity contribution in [3.05, 3.63) is 362 Å². The van der Waals surface area contributed by atoms with Crippen molar-refractivity contribution < 1.29 is 0 Å². The Balaban J connectivity index is 0.754. The first-order chi connectivity index (χ1) is 47.1. The second-order valence-electron chi connectivity index (χ2n) is 27.2. The predicted octanol–water partition coefficient (Wildman–Crippen LogP) is 26.2. The minimum atomic E-state index is -0.273. The standard InChI is InChI=1S/C94H68N2/c1-93(2)89-57-73(95(69-34-8-5-9-35-69)70-36-10-6-11-37-70)47-49-81(89)87-59-92-88(60-91(87)93)82-50-48-74(58-90(82)94(92,3)4)96(71-38-12-7-13-39-71)72-40-21-32-65(52-72)64-31-20-33-66(51-64)83-53-67(78-44-22-28-61-25-14-17-41-75(61)78)56-86-84(80-46-24-30-63-27-16-19-43-77(63)80)54-68(55-85(83)86)79-45-23-29-62-26-15-18-42-76(62)79/h5-60H,1-4H3. The fourth-order valence-electron chi connectivity index (χ4n) is 16.2. The number of hydrogen-bond acceptors (Lipinski definition) is 2. The highest BCUT2D eigenvalue weighted by molar-refractivity contribution is 6.15. The predicted molar refractivity (Wildman–Crippen MR) is 408 cm³/mol. The molecule has 2 aliphatic carbocycles. The molecule has 16 aromatic rings. The van der Waals surface area contributed by atoms with E-state index in [1.54, 1.807) is 0 Å². The molecular formula is C94H68N2. The monoisotopic (exact) mass is 1220 g/mol. The molecule has 0 saturated carbocycles. The molecule has 0 fully saturated rings. The number of benzene rings is 16. The minimum absolute atomic E-state index is 0.227. The summed E-state index contributed by atoms with van der Waals surface area (Å²) in [6, 6.07) is 127. The van der Waals surface area contributed by atoms with Crippen LogP contribution in [0, 0.1) is 0 Å². The molecule has 0 spiro atoms. The third-order valence-corrected chi connectivity index (χ3v) is 21.0. The summed E-state index contributed by atoms with van der Waals surface area (Å²) in [5, 5.41) is 9.80. The van der Waals surface area contributed by atoms with E-state index in [4.69, 9.17) is 0 Å². The van der Waals surface area contributed by atoms with Gasteiger partial charge in [0.25, 0.3) is 0 Å². The molecule has 0 atom stereocenters. The van der Waals surface area contributed by atoms with Crippen LogP contribution in [0.4, 0.5) is 34.1 Å². The SMILES string of the molecule is CC1(C)c2cc(N(c3ccccc3)c3ccccc3)ccc2-c2cc3c(cc21)-c1ccc(N(c2ccccc2)c2cccc(-c4cccc(-c5cc(-c6cccc7ccccc67)cc6c(-c7cccc8ccccc78)cc(-c7cccc8ccccc78)cc56)c4)c2)cc1C3(C)C. The number of para-hydroxylation sites is 3. The van der Waals surface area contributed by atoms with Gasteiger partial charge in [0, 0.05) is 45.0 Å². The van der Waals surface area contributed by atoms with Gasteiger partial charge in [-0.05, 0) is 258 Å². The molecule has 16 aromatic carbocycles. The average molecular weight is 1230 g/mol. The molecule has 0 amide bonds. The zero-order valence-electron chi connectivity index (χ0n) is 54.2. The van der Waals surface area contributed by atoms with Crippen molar-refractivity contribution in [1.29, 1.82) is 0 Å². The van der Waals surface area contributed by atoms with Gasteiger partial charge in [-0.3, -0.25) is 0 Å². The summed E-state index contributed by atoms with van der Waals surface area (Å²) >= 11 is 0. The van der Waals surface area contributed by atoms with E-state index in [-0.39, 0.29) is 10.8 Å². The van der Waals surface area contributed by atoms with Gasteiger partial charge in [0.15, 0.2) is 0 Å². The molecule has 0 radical (unpaired) electrons. The topological polar surface area (TPSA) is 6.48 Å². The van der Waals surface area contributed by atoms with E-state index in [0.29, 0.717) is 0 Å². The van der Waals surface area contributed by atoms with Crippen LogP contribution in [0.5, 0.6) is 0 Å². The largest absolute Gasteiger partial charge is 0.310 e. The first kappa shape index (κ1) is 56.9. The molecule has 2 nitrogen and oxygen atoms in total. The Morgan fingerprint density at radius 3 is 1.02 bits per heavy atom. The van der Waals surface area contributed by atoms with Crippen molar-refractivity contribution >= 4 is 77.2 Å². The molecule has 0 heterocycles. The fourth-order valence-corrected chi connectivity index (χ4v) is 16.2. The number of nitrogens with zero attached hydrogens (tertiary/aromatic N) is 2. The molecule has 0 unspecified atom stereocenters. The smallest absolute Gasteiger partial charge is 0.0467 e. The summed E-state index contributed by atoms with van der Waals surface area (Å²) < 4.78 is 0. The summed E-state index contributed by atoms with van der Waals surface area (Å²) in [5.41, 5.74) is 28.8. The Kier molecular flexibility index (Phi) is 13.3. The first-order valence-corrected chi connectivity index (χ1v) is 33.6. The van der Waals surface area contributed by atoms with Gasteiger partial charge in [-0.1, -0.05) is 252 Å². The maximum Gasteiger partial charge on any atom is 0.0467 e. The van der Waals surface area contributed by atoms with E-state index < -0.39 is 0 Å².